The van der Waals surface area contributed by atoms with E-state index in [1.807, 2.05) is 0 Å². The largest absolute Gasteiger partial charge is 0.389 e. The molecule has 110 valence electrons. The SMILES string of the molecule is CC(O)c1ccccc1N1CC(CS(N)(=O)=O)CC1=O. The molecule has 1 aromatic rings. The highest BCUT2D eigenvalue weighted by Gasteiger charge is 2.33. The number of primary sulfonamides is 1. The number of benzene rings is 1. The van der Waals surface area contributed by atoms with Crippen LogP contribution in [0.1, 0.15) is 25.0 Å². The molecule has 0 spiro atoms. The number of nitrogens with two attached hydrogens (primary N) is 1. The molecule has 2 unspecified atom stereocenters. The average molecular weight is 298 g/mol. The third-order valence-corrected chi connectivity index (χ3v) is 4.29. The second-order valence-electron chi connectivity index (χ2n) is 5.14. The first kappa shape index (κ1) is 15.0. The number of aliphatic hydroxyl groups is 1. The van der Waals surface area contributed by atoms with E-state index in [9.17, 15) is 18.3 Å². The maximum Gasteiger partial charge on any atom is 0.227 e. The van der Waals surface area contributed by atoms with E-state index in [-0.39, 0.29) is 24.0 Å². The lowest BCUT2D eigenvalue weighted by Gasteiger charge is -2.21. The molecule has 1 aromatic carbocycles. The summed E-state index contributed by atoms with van der Waals surface area (Å²) >= 11 is 0. The average Bonchev–Trinajstić information content (AvgIpc) is 2.67. The van der Waals surface area contributed by atoms with Crippen molar-refractivity contribution in [1.29, 1.82) is 0 Å². The first-order chi connectivity index (χ1) is 9.28. The van der Waals surface area contributed by atoms with Crippen LogP contribution in [-0.4, -0.2) is 31.7 Å². The smallest absolute Gasteiger partial charge is 0.227 e. The number of carbonyl (C=O) groups excluding carboxylic acids is 1. The zero-order valence-electron chi connectivity index (χ0n) is 11.2. The Morgan fingerprint density at radius 2 is 2.10 bits per heavy atom. The second-order valence-corrected chi connectivity index (χ2v) is 6.80. The zero-order chi connectivity index (χ0) is 14.9. The van der Waals surface area contributed by atoms with Gasteiger partial charge in [-0.3, -0.25) is 4.79 Å². The van der Waals surface area contributed by atoms with Crippen molar-refractivity contribution in [3.8, 4) is 0 Å². The van der Waals surface area contributed by atoms with Gasteiger partial charge in [-0.25, -0.2) is 13.6 Å². The molecule has 0 aliphatic carbocycles. The first-order valence-electron chi connectivity index (χ1n) is 6.36. The lowest BCUT2D eigenvalue weighted by Crippen LogP contribution is -2.28. The van der Waals surface area contributed by atoms with Crippen LogP contribution < -0.4 is 10.0 Å². The van der Waals surface area contributed by atoms with Crippen LogP contribution in [-0.2, 0) is 14.8 Å². The number of carbonyl (C=O) groups is 1. The van der Waals surface area contributed by atoms with E-state index in [4.69, 9.17) is 5.14 Å². The molecular formula is C13H18N2O4S. The molecule has 2 atom stereocenters. The van der Waals surface area contributed by atoms with Gasteiger partial charge in [0.25, 0.3) is 0 Å². The van der Waals surface area contributed by atoms with E-state index in [0.717, 1.165) is 0 Å². The zero-order valence-corrected chi connectivity index (χ0v) is 12.0. The number of hydrogen-bond donors (Lipinski definition) is 2. The van der Waals surface area contributed by atoms with Crippen LogP contribution in [0.25, 0.3) is 0 Å². The molecule has 3 N–H and O–H groups in total. The first-order valence-corrected chi connectivity index (χ1v) is 8.07. The summed E-state index contributed by atoms with van der Waals surface area (Å²) in [7, 11) is -3.59. The highest BCUT2D eigenvalue weighted by Crippen LogP contribution is 2.31. The molecule has 0 saturated carbocycles. The second kappa shape index (κ2) is 5.51. The van der Waals surface area contributed by atoms with Gasteiger partial charge in [0.2, 0.25) is 15.9 Å². The Bertz CT molecular complexity index is 613. The Labute approximate surface area is 118 Å². The van der Waals surface area contributed by atoms with Crippen molar-refractivity contribution < 1.29 is 18.3 Å². The fourth-order valence-electron chi connectivity index (χ4n) is 2.54. The van der Waals surface area contributed by atoms with Gasteiger partial charge in [-0.15, -0.1) is 0 Å². The number of hydrogen-bond acceptors (Lipinski definition) is 4. The van der Waals surface area contributed by atoms with Crippen molar-refractivity contribution in [1.82, 2.24) is 0 Å². The lowest BCUT2D eigenvalue weighted by molar-refractivity contribution is -0.117. The van der Waals surface area contributed by atoms with Crippen molar-refractivity contribution in [2.75, 3.05) is 17.2 Å². The van der Waals surface area contributed by atoms with Gasteiger partial charge in [-0.1, -0.05) is 18.2 Å². The summed E-state index contributed by atoms with van der Waals surface area (Å²) in [6, 6.07) is 7.06. The molecule has 1 aliphatic heterocycles. The monoisotopic (exact) mass is 298 g/mol. The van der Waals surface area contributed by atoms with Gasteiger partial charge in [0.15, 0.2) is 0 Å². The minimum absolute atomic E-state index is 0.147. The van der Waals surface area contributed by atoms with E-state index >= 15 is 0 Å². The summed E-state index contributed by atoms with van der Waals surface area (Å²) in [5.41, 5.74) is 1.28. The molecule has 20 heavy (non-hydrogen) atoms. The van der Waals surface area contributed by atoms with Gasteiger partial charge in [-0.05, 0) is 13.0 Å². The van der Waals surface area contributed by atoms with Crippen LogP contribution in [0.5, 0.6) is 0 Å². The van der Waals surface area contributed by atoms with Crippen LogP contribution in [0.3, 0.4) is 0 Å². The van der Waals surface area contributed by atoms with Gasteiger partial charge in [0.05, 0.1) is 11.9 Å². The fourth-order valence-corrected chi connectivity index (χ4v) is 3.42. The molecule has 1 amide bonds. The number of sulfonamides is 1. The number of rotatable bonds is 4. The van der Waals surface area contributed by atoms with Gasteiger partial charge in [0.1, 0.15) is 0 Å². The number of nitrogens with zero attached hydrogens (tertiary/aromatic N) is 1. The molecule has 2 rings (SSSR count). The summed E-state index contributed by atoms with van der Waals surface area (Å²) in [5.74, 6) is -0.655. The molecule has 1 aliphatic rings. The summed E-state index contributed by atoms with van der Waals surface area (Å²) in [6.45, 7) is 1.93. The van der Waals surface area contributed by atoms with Crippen LogP contribution in [0.2, 0.25) is 0 Å². The summed E-state index contributed by atoms with van der Waals surface area (Å²) in [6.07, 6.45) is -0.541. The number of amides is 1. The quantitative estimate of drug-likeness (QED) is 0.839. The number of anilines is 1. The Kier molecular flexibility index (Phi) is 4.12. The molecular weight excluding hydrogens is 280 g/mol. The fraction of sp³-hybridized carbons (Fsp3) is 0.462. The van der Waals surface area contributed by atoms with Gasteiger partial charge < -0.3 is 10.0 Å². The maximum absolute atomic E-state index is 12.1. The van der Waals surface area contributed by atoms with Gasteiger partial charge in [-0.2, -0.15) is 0 Å². The van der Waals surface area contributed by atoms with Crippen molar-refractivity contribution in [2.45, 2.75) is 19.4 Å². The van der Waals surface area contributed by atoms with E-state index in [0.29, 0.717) is 17.8 Å². The summed E-state index contributed by atoms with van der Waals surface area (Å²) in [4.78, 5) is 13.6. The molecule has 1 saturated heterocycles. The van der Waals surface area contributed by atoms with E-state index in [1.54, 1.807) is 31.2 Å². The Morgan fingerprint density at radius 1 is 1.45 bits per heavy atom. The highest BCUT2D eigenvalue weighted by molar-refractivity contribution is 7.89. The van der Waals surface area contributed by atoms with E-state index in [2.05, 4.69) is 0 Å². The topological polar surface area (TPSA) is 101 Å². The van der Waals surface area contributed by atoms with E-state index in [1.165, 1.54) is 4.90 Å². The minimum Gasteiger partial charge on any atom is -0.389 e. The molecule has 0 radical (unpaired) electrons. The van der Waals surface area contributed by atoms with Crippen LogP contribution in [0.4, 0.5) is 5.69 Å². The van der Waals surface area contributed by atoms with Crippen LogP contribution in [0.15, 0.2) is 24.3 Å². The molecule has 1 fully saturated rings. The molecule has 0 bridgehead atoms. The predicted molar refractivity (Wildman–Crippen MR) is 75.5 cm³/mol. The standard InChI is InChI=1S/C13H18N2O4S/c1-9(16)11-4-2-3-5-12(11)15-7-10(6-13(15)17)8-20(14,18)19/h2-5,9-10,16H,6-8H2,1H3,(H2,14,18,19). The van der Waals surface area contributed by atoms with E-state index < -0.39 is 16.1 Å². The predicted octanol–water partition coefficient (Wildman–Crippen LogP) is 0.381. The van der Waals surface area contributed by atoms with Crippen molar-refractivity contribution in [3.05, 3.63) is 29.8 Å². The lowest BCUT2D eigenvalue weighted by atomic mass is 10.1. The van der Waals surface area contributed by atoms with Crippen molar-refractivity contribution in [3.63, 3.8) is 0 Å². The Balaban J connectivity index is 2.24. The highest BCUT2D eigenvalue weighted by atomic mass is 32.2. The summed E-state index contributed by atoms with van der Waals surface area (Å²) in [5, 5.41) is 14.8. The number of aliphatic hydroxyl groups excluding tert-OH is 1. The molecule has 1 heterocycles. The maximum atomic E-state index is 12.1. The minimum atomic E-state index is -3.59. The third kappa shape index (κ3) is 3.36. The summed E-state index contributed by atoms with van der Waals surface area (Å²) < 4.78 is 22.2. The molecule has 6 nitrogen and oxygen atoms in total. The van der Waals surface area contributed by atoms with Gasteiger partial charge in [0, 0.05) is 30.1 Å². The Morgan fingerprint density at radius 3 is 2.70 bits per heavy atom. The van der Waals surface area contributed by atoms with Crippen molar-refractivity contribution >= 4 is 21.6 Å². The van der Waals surface area contributed by atoms with Crippen molar-refractivity contribution in [2.24, 2.45) is 11.1 Å². The molecule has 0 aromatic heterocycles. The molecule has 7 heteroatoms. The van der Waals surface area contributed by atoms with Crippen LogP contribution in [0, 0.1) is 5.92 Å². The normalized spacial score (nSPS) is 21.2. The Hall–Kier alpha value is -1.44. The van der Waals surface area contributed by atoms with Gasteiger partial charge >= 0.3 is 0 Å². The number of para-hydroxylation sites is 1. The van der Waals surface area contributed by atoms with Crippen LogP contribution >= 0.6 is 0 Å². The third-order valence-electron chi connectivity index (χ3n) is 3.35.